The molecule has 224 valence electrons. The maximum Gasteiger partial charge on any atom is 0.433 e. The molecule has 2 heterocycles. The van der Waals surface area contributed by atoms with E-state index in [4.69, 9.17) is 28.3 Å². The fraction of sp³-hybridized carbons (Fsp3) is 0.542. The van der Waals surface area contributed by atoms with Gasteiger partial charge in [-0.05, 0) is 25.8 Å². The number of hydrogen-bond acceptors (Lipinski definition) is 6. The number of Topliss-reactive ketones (excluding diaryl/α,β-unsaturated/α-hetero) is 1. The van der Waals surface area contributed by atoms with Gasteiger partial charge in [0, 0.05) is 18.9 Å². The molecule has 2 aromatic rings. The Bertz CT molecular complexity index is 1110. The molecule has 40 heavy (non-hydrogen) atoms. The average Bonchev–Trinajstić information content (AvgIpc) is 3.33. The monoisotopic (exact) mass is 620 g/mol. The van der Waals surface area contributed by atoms with E-state index in [2.05, 4.69) is 10.1 Å². The number of halogens is 8. The van der Waals surface area contributed by atoms with Crippen molar-refractivity contribution in [1.82, 2.24) is 20.1 Å². The minimum Gasteiger partial charge on any atom is -0.481 e. The van der Waals surface area contributed by atoms with Gasteiger partial charge in [-0.15, -0.1) is 0 Å². The summed E-state index contributed by atoms with van der Waals surface area (Å²) in [4.78, 5) is 37.4. The van der Waals surface area contributed by atoms with Crippen molar-refractivity contribution in [3.63, 3.8) is 0 Å². The van der Waals surface area contributed by atoms with Crippen molar-refractivity contribution in [2.45, 2.75) is 51.4 Å². The Labute approximate surface area is 236 Å². The van der Waals surface area contributed by atoms with Crippen LogP contribution in [0.2, 0.25) is 10.0 Å². The van der Waals surface area contributed by atoms with Crippen LogP contribution in [0.1, 0.15) is 65.4 Å². The number of hydrogen-bond donors (Lipinski definition) is 2. The summed E-state index contributed by atoms with van der Waals surface area (Å²) in [5.41, 5.74) is -1.50. The molecular weight excluding hydrogens is 593 g/mol. The minimum absolute atomic E-state index is 0.0613. The number of aliphatic carboxylic acids is 1. The summed E-state index contributed by atoms with van der Waals surface area (Å²) in [7, 11) is 1.42. The topological polar surface area (TPSA) is 116 Å². The molecule has 2 aromatic heterocycles. The number of aromatic amines is 1. The first-order valence-corrected chi connectivity index (χ1v) is 12.6. The lowest BCUT2D eigenvalue weighted by Crippen LogP contribution is -2.30. The Hall–Kier alpha value is -2.71. The summed E-state index contributed by atoms with van der Waals surface area (Å²) in [6.45, 7) is 1.58. The summed E-state index contributed by atoms with van der Waals surface area (Å²) in [5.74, 6) is -0.714. The van der Waals surface area contributed by atoms with E-state index in [-0.39, 0.29) is 40.9 Å². The highest BCUT2D eigenvalue weighted by Crippen LogP contribution is 2.30. The zero-order valence-electron chi connectivity index (χ0n) is 21.5. The van der Waals surface area contributed by atoms with E-state index in [1.165, 1.54) is 30.8 Å². The van der Waals surface area contributed by atoms with Crippen LogP contribution < -0.4 is 0 Å². The van der Waals surface area contributed by atoms with Crippen LogP contribution in [0, 0.1) is 11.8 Å². The number of likely N-dealkylation sites (N-methyl/N-ethyl adjacent to an activating group) is 1. The van der Waals surface area contributed by atoms with Crippen molar-refractivity contribution in [2.24, 2.45) is 11.8 Å². The standard InChI is InChI=1S/C11H11Cl2F3N2O.C8H14O2.C5H3F3N2O/c1-18(3-2-11(14,15)16)6-9(19)10-7(12)4-17-5-8(10)13;1-6-4-2-3-5-7(6)8(9)10;6-5(7,8)4-3(2-11)1-9-10-4/h4-5H,2-3,6H2,1H3;6-7H,2-5H2,1H3,(H,9,10);1-2H,(H,9,10). The molecule has 1 saturated carbocycles. The van der Waals surface area contributed by atoms with Gasteiger partial charge in [0.25, 0.3) is 0 Å². The first-order valence-electron chi connectivity index (χ1n) is 11.8. The van der Waals surface area contributed by atoms with Crippen molar-refractivity contribution in [3.05, 3.63) is 45.5 Å². The van der Waals surface area contributed by atoms with Gasteiger partial charge in [-0.25, -0.2) is 0 Å². The maximum absolute atomic E-state index is 12.0. The zero-order valence-corrected chi connectivity index (χ0v) is 23.0. The number of carbonyl (C=O) groups is 3. The smallest absolute Gasteiger partial charge is 0.433 e. The first kappa shape index (κ1) is 35.3. The second-order valence-corrected chi connectivity index (χ2v) is 9.84. The number of alkyl halides is 6. The predicted molar refractivity (Wildman–Crippen MR) is 134 cm³/mol. The number of carboxylic acid groups (broad SMARTS) is 1. The van der Waals surface area contributed by atoms with E-state index < -0.39 is 41.8 Å². The summed E-state index contributed by atoms with van der Waals surface area (Å²) >= 11 is 11.6. The van der Waals surface area contributed by atoms with Crippen LogP contribution in [-0.2, 0) is 11.0 Å². The summed E-state index contributed by atoms with van der Waals surface area (Å²) in [6, 6.07) is 0. The zero-order chi connectivity index (χ0) is 30.7. The average molecular weight is 621 g/mol. The Morgan fingerprint density at radius 3 is 2.10 bits per heavy atom. The molecule has 0 bridgehead atoms. The second kappa shape index (κ2) is 15.9. The lowest BCUT2D eigenvalue weighted by molar-refractivity contribution is -0.144. The lowest BCUT2D eigenvalue weighted by atomic mass is 9.81. The number of H-pyrrole nitrogens is 1. The van der Waals surface area contributed by atoms with Gasteiger partial charge in [-0.2, -0.15) is 31.4 Å². The molecule has 1 aliphatic carbocycles. The Balaban J connectivity index is 0.000000323. The van der Waals surface area contributed by atoms with E-state index >= 15 is 0 Å². The van der Waals surface area contributed by atoms with E-state index in [0.29, 0.717) is 5.92 Å². The lowest BCUT2D eigenvalue weighted by Gasteiger charge is -2.24. The van der Waals surface area contributed by atoms with Crippen LogP contribution in [0.15, 0.2) is 18.6 Å². The number of nitrogens with zero attached hydrogens (tertiary/aromatic N) is 3. The number of nitrogens with one attached hydrogen (secondary N) is 1. The number of carboxylic acids is 1. The molecule has 2 N–H and O–H groups in total. The third-order valence-electron chi connectivity index (χ3n) is 5.83. The Morgan fingerprint density at radius 2 is 1.68 bits per heavy atom. The molecule has 0 amide bonds. The fourth-order valence-electron chi connectivity index (χ4n) is 3.69. The summed E-state index contributed by atoms with van der Waals surface area (Å²) in [6.07, 6.45) is -2.01. The summed E-state index contributed by atoms with van der Waals surface area (Å²) < 4.78 is 71.6. The molecule has 16 heteroatoms. The largest absolute Gasteiger partial charge is 0.481 e. The molecular formula is C24H28Cl2F6N4O4. The molecule has 0 saturated heterocycles. The Kier molecular flexibility index (Phi) is 14.1. The van der Waals surface area contributed by atoms with Gasteiger partial charge in [0.2, 0.25) is 0 Å². The molecule has 0 aromatic carbocycles. The number of ketones is 1. The number of aldehydes is 1. The van der Waals surface area contributed by atoms with E-state index in [9.17, 15) is 40.7 Å². The molecule has 8 nitrogen and oxygen atoms in total. The van der Waals surface area contributed by atoms with Crippen molar-refractivity contribution in [2.75, 3.05) is 20.1 Å². The van der Waals surface area contributed by atoms with E-state index in [1.54, 1.807) is 5.10 Å². The highest BCUT2D eigenvalue weighted by molar-refractivity contribution is 6.39. The quantitative estimate of drug-likeness (QED) is 0.204. The third-order valence-corrected chi connectivity index (χ3v) is 6.40. The molecule has 2 unspecified atom stereocenters. The number of aromatic nitrogens is 3. The van der Waals surface area contributed by atoms with Gasteiger partial charge in [0.05, 0.1) is 46.3 Å². The highest BCUT2D eigenvalue weighted by Gasteiger charge is 2.35. The van der Waals surface area contributed by atoms with E-state index in [1.807, 2.05) is 6.92 Å². The van der Waals surface area contributed by atoms with Crippen molar-refractivity contribution in [1.29, 1.82) is 0 Å². The fourth-order valence-corrected chi connectivity index (χ4v) is 4.27. The maximum atomic E-state index is 12.0. The predicted octanol–water partition coefficient (Wildman–Crippen LogP) is 6.59. The molecule has 1 fully saturated rings. The third kappa shape index (κ3) is 12.2. The Morgan fingerprint density at radius 1 is 1.10 bits per heavy atom. The molecule has 0 spiro atoms. The van der Waals surface area contributed by atoms with E-state index in [0.717, 1.165) is 25.5 Å². The van der Waals surface area contributed by atoms with Gasteiger partial charge in [-0.1, -0.05) is 43.0 Å². The molecule has 3 rings (SSSR count). The number of carbonyl (C=O) groups excluding carboxylic acids is 2. The first-order chi connectivity index (χ1) is 18.5. The second-order valence-electron chi connectivity index (χ2n) is 9.03. The van der Waals surface area contributed by atoms with Crippen LogP contribution in [-0.4, -0.2) is 69.5 Å². The van der Waals surface area contributed by atoms with Crippen molar-refractivity contribution < 1.29 is 45.8 Å². The normalized spacial score (nSPS) is 17.3. The van der Waals surface area contributed by atoms with Gasteiger partial charge in [-0.3, -0.25) is 29.4 Å². The van der Waals surface area contributed by atoms with Crippen LogP contribution >= 0.6 is 23.2 Å². The molecule has 2 atom stereocenters. The van der Waals surface area contributed by atoms with Gasteiger partial charge >= 0.3 is 18.3 Å². The van der Waals surface area contributed by atoms with Gasteiger partial charge < -0.3 is 5.11 Å². The molecule has 0 radical (unpaired) electrons. The van der Waals surface area contributed by atoms with Gasteiger partial charge in [0.1, 0.15) is 5.69 Å². The molecule has 1 aliphatic rings. The SMILES string of the molecule is CC1CCCCC1C(=O)O.CN(CCC(F)(F)F)CC(=O)c1c(Cl)cncc1Cl.O=Cc1cn[nH]c1C(F)(F)F. The van der Waals surface area contributed by atoms with Gasteiger partial charge in [0.15, 0.2) is 12.1 Å². The van der Waals surface area contributed by atoms with Crippen LogP contribution in [0.5, 0.6) is 0 Å². The number of pyridine rings is 1. The van der Waals surface area contributed by atoms with Crippen molar-refractivity contribution >= 4 is 41.2 Å². The molecule has 0 aliphatic heterocycles. The van der Waals surface area contributed by atoms with Crippen LogP contribution in [0.4, 0.5) is 26.3 Å². The highest BCUT2D eigenvalue weighted by atomic mass is 35.5. The summed E-state index contributed by atoms with van der Waals surface area (Å²) in [5, 5.41) is 13.7. The number of rotatable bonds is 7. The van der Waals surface area contributed by atoms with Crippen LogP contribution in [0.3, 0.4) is 0 Å². The van der Waals surface area contributed by atoms with Crippen LogP contribution in [0.25, 0.3) is 0 Å². The minimum atomic E-state index is -4.53. The van der Waals surface area contributed by atoms with Crippen molar-refractivity contribution in [3.8, 4) is 0 Å².